The topological polar surface area (TPSA) is 96.9 Å². The molecule has 30 heavy (non-hydrogen) atoms. The summed E-state index contributed by atoms with van der Waals surface area (Å²) < 4.78 is 48.2. The Bertz CT molecular complexity index is 916. The van der Waals surface area contributed by atoms with Crippen LogP contribution in [0.4, 0.5) is 13.2 Å². The molecule has 0 radical (unpaired) electrons. The molecule has 0 spiro atoms. The number of nitrogens with one attached hydrogen (secondary N) is 2. The number of carbonyl (C=O) groups is 2. The summed E-state index contributed by atoms with van der Waals surface area (Å²) in [5.74, 6) is -0.0441. The van der Waals surface area contributed by atoms with Crippen LogP contribution in [0.2, 0.25) is 0 Å². The van der Waals surface area contributed by atoms with E-state index in [0.717, 1.165) is 12.1 Å². The number of amides is 2. The second-order valence-corrected chi connectivity index (χ2v) is 6.58. The van der Waals surface area contributed by atoms with Gasteiger partial charge in [-0.3, -0.25) is 9.59 Å². The van der Waals surface area contributed by atoms with Gasteiger partial charge in [-0.25, -0.2) is 0 Å². The Morgan fingerprint density at radius 2 is 1.70 bits per heavy atom. The molecule has 0 bridgehead atoms. The molecule has 0 unspecified atom stereocenters. The molecular weight excluding hydrogens is 405 g/mol. The second-order valence-electron chi connectivity index (χ2n) is 6.58. The molecule has 0 aromatic heterocycles. The van der Waals surface area contributed by atoms with E-state index in [0.29, 0.717) is 22.6 Å². The first kappa shape index (κ1) is 21.4. The number of hydrogen-bond donors (Lipinski definition) is 3. The van der Waals surface area contributed by atoms with Crippen LogP contribution in [-0.4, -0.2) is 36.4 Å². The van der Waals surface area contributed by atoms with Crippen molar-refractivity contribution < 1.29 is 37.3 Å². The predicted octanol–water partition coefficient (Wildman–Crippen LogP) is 1.77. The first-order valence-corrected chi connectivity index (χ1v) is 8.99. The third-order valence-corrected chi connectivity index (χ3v) is 4.38. The van der Waals surface area contributed by atoms with E-state index in [9.17, 15) is 27.9 Å². The van der Waals surface area contributed by atoms with E-state index in [1.165, 1.54) is 12.1 Å². The van der Waals surface area contributed by atoms with Crippen LogP contribution in [-0.2, 0) is 28.7 Å². The highest BCUT2D eigenvalue weighted by atomic mass is 19.4. The quantitative estimate of drug-likeness (QED) is 0.630. The van der Waals surface area contributed by atoms with Gasteiger partial charge in [0.25, 0.3) is 0 Å². The summed E-state index contributed by atoms with van der Waals surface area (Å²) >= 11 is 0. The van der Waals surface area contributed by atoms with E-state index in [-0.39, 0.29) is 19.8 Å². The molecule has 3 rings (SSSR count). The van der Waals surface area contributed by atoms with Gasteiger partial charge in [0, 0.05) is 6.54 Å². The van der Waals surface area contributed by atoms with Gasteiger partial charge in [0.05, 0.1) is 18.6 Å². The normalized spacial score (nSPS) is 13.6. The molecule has 2 amide bonds. The number of benzene rings is 2. The monoisotopic (exact) mass is 424 g/mol. The number of ether oxygens (including phenoxy) is 2. The molecule has 0 fully saturated rings. The van der Waals surface area contributed by atoms with Crippen molar-refractivity contribution in [2.75, 3.05) is 13.4 Å². The summed E-state index contributed by atoms with van der Waals surface area (Å²) in [5.41, 5.74) is 0.292. The van der Waals surface area contributed by atoms with E-state index < -0.39 is 36.2 Å². The predicted molar refractivity (Wildman–Crippen MR) is 98.6 cm³/mol. The van der Waals surface area contributed by atoms with Gasteiger partial charge in [-0.15, -0.1) is 0 Å². The summed E-state index contributed by atoms with van der Waals surface area (Å²) in [7, 11) is 0. The minimum atomic E-state index is -4.44. The van der Waals surface area contributed by atoms with Crippen LogP contribution in [0.25, 0.3) is 0 Å². The lowest BCUT2D eigenvalue weighted by Crippen LogP contribution is -2.49. The summed E-state index contributed by atoms with van der Waals surface area (Å²) in [6.45, 7) is -0.575. The highest BCUT2D eigenvalue weighted by Crippen LogP contribution is 2.32. The van der Waals surface area contributed by atoms with E-state index in [1.807, 2.05) is 0 Å². The number of rotatable bonds is 7. The standard InChI is InChI=1S/C20H19F3N2O5/c21-20(22,23)14-4-1-12(2-5-14)9-24-19(28)15(10-26)25-18(27)8-13-3-6-16-17(7-13)30-11-29-16/h1-7,15,26H,8-11H2,(H,24,28)(H,25,27)/t15-/m0/s1. The van der Waals surface area contributed by atoms with Crippen molar-refractivity contribution in [3.05, 3.63) is 59.2 Å². The molecule has 2 aromatic carbocycles. The van der Waals surface area contributed by atoms with E-state index in [2.05, 4.69) is 10.6 Å². The maximum Gasteiger partial charge on any atom is 0.416 e. The minimum absolute atomic E-state index is 0.0423. The molecule has 2 aromatic rings. The van der Waals surface area contributed by atoms with Gasteiger partial charge in [-0.05, 0) is 35.4 Å². The lowest BCUT2D eigenvalue weighted by Gasteiger charge is -2.16. The van der Waals surface area contributed by atoms with E-state index in [1.54, 1.807) is 18.2 Å². The van der Waals surface area contributed by atoms with E-state index in [4.69, 9.17) is 9.47 Å². The maximum absolute atomic E-state index is 12.6. The fraction of sp³-hybridized carbons (Fsp3) is 0.300. The Hall–Kier alpha value is -3.27. The molecule has 1 heterocycles. The average Bonchev–Trinajstić information content (AvgIpc) is 3.17. The van der Waals surface area contributed by atoms with Gasteiger partial charge in [0.15, 0.2) is 11.5 Å². The fourth-order valence-corrected chi connectivity index (χ4v) is 2.80. The van der Waals surface area contributed by atoms with Gasteiger partial charge >= 0.3 is 6.18 Å². The first-order chi connectivity index (χ1) is 14.3. The van der Waals surface area contributed by atoms with Crippen molar-refractivity contribution in [2.45, 2.75) is 25.2 Å². The molecule has 7 nitrogen and oxygen atoms in total. The molecule has 0 saturated heterocycles. The third kappa shape index (κ3) is 5.41. The zero-order valence-electron chi connectivity index (χ0n) is 15.7. The Labute approximate surface area is 169 Å². The van der Waals surface area contributed by atoms with Crippen LogP contribution in [0.1, 0.15) is 16.7 Å². The van der Waals surface area contributed by atoms with Gasteiger partial charge in [0.2, 0.25) is 18.6 Å². The summed E-state index contributed by atoms with van der Waals surface area (Å²) in [5, 5.41) is 14.3. The average molecular weight is 424 g/mol. The number of alkyl halides is 3. The lowest BCUT2D eigenvalue weighted by molar-refractivity contribution is -0.137. The largest absolute Gasteiger partial charge is 0.454 e. The molecule has 0 saturated carbocycles. The van der Waals surface area contributed by atoms with Crippen LogP contribution < -0.4 is 20.1 Å². The van der Waals surface area contributed by atoms with Gasteiger partial charge in [-0.2, -0.15) is 13.2 Å². The zero-order chi connectivity index (χ0) is 21.7. The summed E-state index contributed by atoms with van der Waals surface area (Å²) in [6, 6.07) is 8.14. The van der Waals surface area contributed by atoms with E-state index >= 15 is 0 Å². The number of carbonyl (C=O) groups excluding carboxylic acids is 2. The number of aliphatic hydroxyl groups is 1. The van der Waals surface area contributed by atoms with Gasteiger partial charge in [-0.1, -0.05) is 18.2 Å². The summed E-state index contributed by atoms with van der Waals surface area (Å²) in [4.78, 5) is 24.4. The third-order valence-electron chi connectivity index (χ3n) is 4.38. The number of fused-ring (bicyclic) bond motifs is 1. The fourth-order valence-electron chi connectivity index (χ4n) is 2.80. The highest BCUT2D eigenvalue weighted by Gasteiger charge is 2.30. The molecule has 1 aliphatic heterocycles. The molecular formula is C20H19F3N2O5. The van der Waals surface area contributed by atoms with Crippen LogP contribution >= 0.6 is 0 Å². The molecule has 160 valence electrons. The zero-order valence-corrected chi connectivity index (χ0v) is 15.7. The molecule has 3 N–H and O–H groups in total. The molecule has 10 heteroatoms. The van der Waals surface area contributed by atoms with Crippen molar-refractivity contribution in [1.82, 2.24) is 10.6 Å². The van der Waals surface area contributed by atoms with Crippen molar-refractivity contribution in [1.29, 1.82) is 0 Å². The Morgan fingerprint density at radius 3 is 2.37 bits per heavy atom. The molecule has 0 aliphatic carbocycles. The summed E-state index contributed by atoms with van der Waals surface area (Å²) in [6.07, 6.45) is -4.48. The second kappa shape index (κ2) is 9.04. The minimum Gasteiger partial charge on any atom is -0.454 e. The maximum atomic E-state index is 12.6. The number of aliphatic hydroxyl groups excluding tert-OH is 1. The lowest BCUT2D eigenvalue weighted by atomic mass is 10.1. The van der Waals surface area contributed by atoms with Crippen molar-refractivity contribution >= 4 is 11.8 Å². The van der Waals surface area contributed by atoms with Gasteiger partial charge < -0.3 is 25.2 Å². The first-order valence-electron chi connectivity index (χ1n) is 8.99. The van der Waals surface area contributed by atoms with Crippen molar-refractivity contribution in [2.24, 2.45) is 0 Å². The van der Waals surface area contributed by atoms with Crippen LogP contribution in [0.5, 0.6) is 11.5 Å². The van der Waals surface area contributed by atoms with Crippen molar-refractivity contribution in [3.63, 3.8) is 0 Å². The Balaban J connectivity index is 1.51. The number of hydrogen-bond acceptors (Lipinski definition) is 5. The Morgan fingerprint density at radius 1 is 1.03 bits per heavy atom. The number of halogens is 3. The van der Waals surface area contributed by atoms with Crippen molar-refractivity contribution in [3.8, 4) is 11.5 Å². The van der Waals surface area contributed by atoms with Crippen LogP contribution in [0.15, 0.2) is 42.5 Å². The van der Waals surface area contributed by atoms with Gasteiger partial charge in [0.1, 0.15) is 6.04 Å². The van der Waals surface area contributed by atoms with Crippen LogP contribution in [0.3, 0.4) is 0 Å². The highest BCUT2D eigenvalue weighted by molar-refractivity contribution is 5.88. The molecule has 1 aliphatic rings. The van der Waals surface area contributed by atoms with Crippen LogP contribution in [0, 0.1) is 0 Å². The molecule has 1 atom stereocenters. The smallest absolute Gasteiger partial charge is 0.416 e. The Kier molecular flexibility index (Phi) is 6.46. The SMILES string of the molecule is O=C(Cc1ccc2c(c1)OCO2)N[C@@H](CO)C(=O)NCc1ccc(C(F)(F)F)cc1.